The summed E-state index contributed by atoms with van der Waals surface area (Å²) in [6, 6.07) is 11.5. The van der Waals surface area contributed by atoms with Gasteiger partial charge < -0.3 is 19.3 Å². The molecule has 1 N–H and O–H groups in total. The van der Waals surface area contributed by atoms with Crippen LogP contribution in [0.3, 0.4) is 0 Å². The zero-order valence-electron chi connectivity index (χ0n) is 13.5. The van der Waals surface area contributed by atoms with Gasteiger partial charge in [-0.3, -0.25) is 0 Å². The Morgan fingerprint density at radius 3 is 2.35 bits per heavy atom. The summed E-state index contributed by atoms with van der Waals surface area (Å²) in [6.45, 7) is 2.11. The van der Waals surface area contributed by atoms with Crippen molar-refractivity contribution in [2.24, 2.45) is 0 Å². The molecule has 0 aliphatic carbocycles. The van der Waals surface area contributed by atoms with E-state index in [0.717, 1.165) is 11.3 Å². The van der Waals surface area contributed by atoms with Gasteiger partial charge in [0, 0.05) is 11.6 Å². The SMILES string of the molecule is COc1ccc(CO[C@@H](C)[C@H](O)c2ccc(F)cc2OC)cc1. The van der Waals surface area contributed by atoms with Gasteiger partial charge in [-0.2, -0.15) is 0 Å². The fourth-order valence-corrected chi connectivity index (χ4v) is 2.22. The van der Waals surface area contributed by atoms with E-state index in [0.29, 0.717) is 17.9 Å². The minimum absolute atomic E-state index is 0.303. The van der Waals surface area contributed by atoms with Crippen molar-refractivity contribution in [2.75, 3.05) is 14.2 Å². The van der Waals surface area contributed by atoms with Gasteiger partial charge in [-0.1, -0.05) is 12.1 Å². The highest BCUT2D eigenvalue weighted by Gasteiger charge is 2.21. The van der Waals surface area contributed by atoms with Crippen LogP contribution < -0.4 is 9.47 Å². The fourth-order valence-electron chi connectivity index (χ4n) is 2.22. The molecule has 2 atom stereocenters. The summed E-state index contributed by atoms with van der Waals surface area (Å²) >= 11 is 0. The van der Waals surface area contributed by atoms with Gasteiger partial charge in [-0.05, 0) is 36.8 Å². The standard InChI is InChI=1S/C18H21FO4/c1-12(23-11-13-4-7-15(21-2)8-5-13)18(20)16-9-6-14(19)10-17(16)22-3/h4-10,12,18,20H,11H2,1-3H3/t12-,18-/m0/s1. The van der Waals surface area contributed by atoms with Crippen molar-refractivity contribution in [3.63, 3.8) is 0 Å². The average molecular weight is 320 g/mol. The summed E-state index contributed by atoms with van der Waals surface area (Å²) in [6.07, 6.45) is -1.39. The Kier molecular flexibility index (Phi) is 5.96. The van der Waals surface area contributed by atoms with E-state index in [1.807, 2.05) is 24.3 Å². The Balaban J connectivity index is 2.00. The van der Waals surface area contributed by atoms with Gasteiger partial charge in [0.25, 0.3) is 0 Å². The van der Waals surface area contributed by atoms with Crippen molar-refractivity contribution in [3.05, 3.63) is 59.4 Å². The molecule has 0 saturated carbocycles. The van der Waals surface area contributed by atoms with Gasteiger partial charge in [-0.15, -0.1) is 0 Å². The molecule has 0 amide bonds. The summed E-state index contributed by atoms with van der Waals surface area (Å²) in [4.78, 5) is 0. The second-order valence-electron chi connectivity index (χ2n) is 5.20. The van der Waals surface area contributed by atoms with Gasteiger partial charge in [0.2, 0.25) is 0 Å². The molecule has 124 valence electrons. The Hall–Kier alpha value is -2.11. The van der Waals surface area contributed by atoms with Gasteiger partial charge in [-0.25, -0.2) is 4.39 Å². The first-order chi connectivity index (χ1) is 11.0. The Labute approximate surface area is 135 Å². The van der Waals surface area contributed by atoms with Crippen LogP contribution in [0.25, 0.3) is 0 Å². The lowest BCUT2D eigenvalue weighted by molar-refractivity contribution is -0.0372. The highest BCUT2D eigenvalue weighted by molar-refractivity contribution is 5.36. The molecule has 2 rings (SSSR count). The fraction of sp³-hybridized carbons (Fsp3) is 0.333. The molecule has 5 heteroatoms. The first kappa shape index (κ1) is 17.2. The molecule has 4 nitrogen and oxygen atoms in total. The number of rotatable bonds is 7. The molecule has 0 aromatic heterocycles. The normalized spacial score (nSPS) is 13.4. The molecular weight excluding hydrogens is 299 g/mol. The molecule has 0 heterocycles. The number of hydrogen-bond donors (Lipinski definition) is 1. The molecule has 0 unspecified atom stereocenters. The molecule has 2 aromatic rings. The molecule has 0 saturated heterocycles. The van der Waals surface area contributed by atoms with E-state index in [-0.39, 0.29) is 0 Å². The maximum absolute atomic E-state index is 13.2. The number of halogens is 1. The summed E-state index contributed by atoms with van der Waals surface area (Å²) in [5.41, 5.74) is 1.46. The molecular formula is C18H21FO4. The molecule has 2 aromatic carbocycles. The van der Waals surface area contributed by atoms with Crippen LogP contribution in [0.5, 0.6) is 11.5 Å². The number of aliphatic hydroxyl groups is 1. The van der Waals surface area contributed by atoms with E-state index in [2.05, 4.69) is 0 Å². The summed E-state index contributed by atoms with van der Waals surface area (Å²) in [5, 5.41) is 10.4. The van der Waals surface area contributed by atoms with E-state index in [4.69, 9.17) is 14.2 Å². The van der Waals surface area contributed by atoms with Crippen LogP contribution in [0.15, 0.2) is 42.5 Å². The van der Waals surface area contributed by atoms with Crippen LogP contribution in [-0.4, -0.2) is 25.4 Å². The van der Waals surface area contributed by atoms with E-state index < -0.39 is 18.0 Å². The van der Waals surface area contributed by atoms with Crippen LogP contribution in [0, 0.1) is 5.82 Å². The van der Waals surface area contributed by atoms with E-state index in [1.165, 1.54) is 25.3 Å². The highest BCUT2D eigenvalue weighted by atomic mass is 19.1. The Bertz CT molecular complexity index is 627. The van der Waals surface area contributed by atoms with E-state index >= 15 is 0 Å². The van der Waals surface area contributed by atoms with Gasteiger partial charge in [0.05, 0.1) is 26.9 Å². The van der Waals surface area contributed by atoms with Crippen molar-refractivity contribution in [1.29, 1.82) is 0 Å². The van der Waals surface area contributed by atoms with Crippen LogP contribution in [-0.2, 0) is 11.3 Å². The predicted molar refractivity (Wildman–Crippen MR) is 85.2 cm³/mol. The molecule has 0 spiro atoms. The minimum atomic E-state index is -0.913. The minimum Gasteiger partial charge on any atom is -0.497 e. The predicted octanol–water partition coefficient (Wildman–Crippen LogP) is 3.48. The third-order valence-corrected chi connectivity index (χ3v) is 3.63. The van der Waals surface area contributed by atoms with Crippen LogP contribution in [0.2, 0.25) is 0 Å². The average Bonchev–Trinajstić information content (AvgIpc) is 2.59. The number of benzene rings is 2. The number of ether oxygens (including phenoxy) is 3. The molecule has 0 aliphatic heterocycles. The second-order valence-corrected chi connectivity index (χ2v) is 5.20. The first-order valence-electron chi connectivity index (χ1n) is 7.31. The lowest BCUT2D eigenvalue weighted by Crippen LogP contribution is -2.19. The smallest absolute Gasteiger partial charge is 0.127 e. The first-order valence-corrected chi connectivity index (χ1v) is 7.31. The number of hydrogen-bond acceptors (Lipinski definition) is 4. The number of aliphatic hydroxyl groups excluding tert-OH is 1. The van der Waals surface area contributed by atoms with Crippen molar-refractivity contribution >= 4 is 0 Å². The zero-order valence-corrected chi connectivity index (χ0v) is 13.5. The maximum atomic E-state index is 13.2. The monoisotopic (exact) mass is 320 g/mol. The Morgan fingerprint density at radius 2 is 1.74 bits per heavy atom. The summed E-state index contributed by atoms with van der Waals surface area (Å²) in [5.74, 6) is 0.667. The molecule has 0 bridgehead atoms. The van der Waals surface area contributed by atoms with Crippen LogP contribution >= 0.6 is 0 Å². The van der Waals surface area contributed by atoms with Gasteiger partial charge >= 0.3 is 0 Å². The van der Waals surface area contributed by atoms with Gasteiger partial charge in [0.1, 0.15) is 23.4 Å². The molecule has 23 heavy (non-hydrogen) atoms. The quantitative estimate of drug-likeness (QED) is 0.848. The molecule has 0 aliphatic rings. The van der Waals surface area contributed by atoms with Crippen LogP contribution in [0.1, 0.15) is 24.2 Å². The Morgan fingerprint density at radius 1 is 1.04 bits per heavy atom. The third kappa shape index (κ3) is 4.43. The van der Waals surface area contributed by atoms with E-state index in [1.54, 1.807) is 14.0 Å². The van der Waals surface area contributed by atoms with E-state index in [9.17, 15) is 9.50 Å². The second kappa shape index (κ2) is 7.94. The maximum Gasteiger partial charge on any atom is 0.127 e. The lowest BCUT2D eigenvalue weighted by Gasteiger charge is -2.21. The van der Waals surface area contributed by atoms with Crippen molar-refractivity contribution < 1.29 is 23.7 Å². The highest BCUT2D eigenvalue weighted by Crippen LogP contribution is 2.29. The van der Waals surface area contributed by atoms with Gasteiger partial charge in [0.15, 0.2) is 0 Å². The number of methoxy groups -OCH3 is 2. The van der Waals surface area contributed by atoms with Crippen molar-refractivity contribution in [1.82, 2.24) is 0 Å². The third-order valence-electron chi connectivity index (χ3n) is 3.63. The lowest BCUT2D eigenvalue weighted by atomic mass is 10.0. The zero-order chi connectivity index (χ0) is 16.8. The summed E-state index contributed by atoms with van der Waals surface area (Å²) in [7, 11) is 3.05. The molecule has 0 radical (unpaired) electrons. The largest absolute Gasteiger partial charge is 0.497 e. The topological polar surface area (TPSA) is 47.9 Å². The van der Waals surface area contributed by atoms with Crippen molar-refractivity contribution in [3.8, 4) is 11.5 Å². The molecule has 0 fully saturated rings. The van der Waals surface area contributed by atoms with Crippen molar-refractivity contribution in [2.45, 2.75) is 25.7 Å². The van der Waals surface area contributed by atoms with Crippen LogP contribution in [0.4, 0.5) is 4.39 Å². The summed E-state index contributed by atoms with van der Waals surface area (Å²) < 4.78 is 29.2.